The summed E-state index contributed by atoms with van der Waals surface area (Å²) >= 11 is 0. The number of hydrogen-bond donors (Lipinski definition) is 1. The molecule has 166 valence electrons. The number of nitrogens with zero attached hydrogens (tertiary/aromatic N) is 3. The quantitative estimate of drug-likeness (QED) is 0.520. The number of anilines is 1. The van der Waals surface area contributed by atoms with E-state index >= 15 is 0 Å². The standard InChI is InChI=1S/C25H21FN4O3/c1-15-14-33-23-12-19(26)7-8-21(23)30(15)25(32)18-9-10-29-22(11-18)20(13-28-29)16-3-5-17(6-4-16)24(31)27-2/h3-13,15H,14H2,1-2H3,(H,27,31). The third-order valence-corrected chi connectivity index (χ3v) is 5.77. The van der Waals surface area contributed by atoms with Gasteiger partial charge in [-0.25, -0.2) is 8.91 Å². The Bertz CT molecular complexity index is 1380. The predicted molar refractivity (Wildman–Crippen MR) is 122 cm³/mol. The van der Waals surface area contributed by atoms with E-state index < -0.39 is 5.82 Å². The zero-order valence-electron chi connectivity index (χ0n) is 18.1. The van der Waals surface area contributed by atoms with Crippen molar-refractivity contribution in [1.29, 1.82) is 0 Å². The molecule has 2 amide bonds. The van der Waals surface area contributed by atoms with Crippen LogP contribution in [-0.4, -0.2) is 41.1 Å². The number of pyridine rings is 1. The Morgan fingerprint density at radius 3 is 2.64 bits per heavy atom. The van der Waals surface area contributed by atoms with Crippen molar-refractivity contribution in [2.45, 2.75) is 13.0 Å². The van der Waals surface area contributed by atoms with E-state index in [1.165, 1.54) is 12.1 Å². The maximum atomic E-state index is 13.7. The molecule has 0 saturated carbocycles. The molecule has 0 bridgehead atoms. The summed E-state index contributed by atoms with van der Waals surface area (Å²) in [6, 6.07) is 14.7. The summed E-state index contributed by atoms with van der Waals surface area (Å²) < 4.78 is 21.0. The van der Waals surface area contributed by atoms with Gasteiger partial charge in [-0.1, -0.05) is 12.1 Å². The molecular weight excluding hydrogens is 423 g/mol. The van der Waals surface area contributed by atoms with E-state index in [0.717, 1.165) is 16.6 Å². The SMILES string of the molecule is CNC(=O)c1ccc(-c2cnn3ccc(C(=O)N4c5ccc(F)cc5OCC4C)cc23)cc1. The van der Waals surface area contributed by atoms with Crippen molar-refractivity contribution in [3.8, 4) is 16.9 Å². The van der Waals surface area contributed by atoms with Crippen molar-refractivity contribution in [2.24, 2.45) is 0 Å². The van der Waals surface area contributed by atoms with Crippen LogP contribution in [0.1, 0.15) is 27.6 Å². The maximum absolute atomic E-state index is 13.7. The van der Waals surface area contributed by atoms with Crippen LogP contribution >= 0.6 is 0 Å². The van der Waals surface area contributed by atoms with Crippen molar-refractivity contribution < 1.29 is 18.7 Å². The summed E-state index contributed by atoms with van der Waals surface area (Å²) in [5, 5.41) is 7.00. The molecule has 0 radical (unpaired) electrons. The normalized spacial score (nSPS) is 15.1. The molecule has 7 nitrogen and oxygen atoms in total. The fourth-order valence-corrected chi connectivity index (χ4v) is 4.06. The van der Waals surface area contributed by atoms with Gasteiger partial charge in [0.2, 0.25) is 0 Å². The van der Waals surface area contributed by atoms with Gasteiger partial charge in [-0.2, -0.15) is 5.10 Å². The van der Waals surface area contributed by atoms with Crippen LogP contribution in [0.5, 0.6) is 5.75 Å². The lowest BCUT2D eigenvalue weighted by atomic mass is 10.0. The van der Waals surface area contributed by atoms with Crippen LogP contribution < -0.4 is 15.0 Å². The van der Waals surface area contributed by atoms with E-state index in [-0.39, 0.29) is 24.5 Å². The summed E-state index contributed by atoms with van der Waals surface area (Å²) in [5.74, 6) is -0.426. The van der Waals surface area contributed by atoms with Crippen LogP contribution in [0.4, 0.5) is 10.1 Å². The van der Waals surface area contributed by atoms with E-state index in [2.05, 4.69) is 10.4 Å². The molecule has 1 atom stereocenters. The molecule has 2 aromatic carbocycles. The maximum Gasteiger partial charge on any atom is 0.258 e. The highest BCUT2D eigenvalue weighted by molar-refractivity contribution is 6.08. The largest absolute Gasteiger partial charge is 0.489 e. The van der Waals surface area contributed by atoms with E-state index in [1.807, 2.05) is 19.1 Å². The number of amides is 2. The van der Waals surface area contributed by atoms with Crippen LogP contribution in [0.2, 0.25) is 0 Å². The Balaban J connectivity index is 1.53. The van der Waals surface area contributed by atoms with Gasteiger partial charge in [0, 0.05) is 36.0 Å². The molecule has 1 N–H and O–H groups in total. The van der Waals surface area contributed by atoms with Gasteiger partial charge in [-0.05, 0) is 48.9 Å². The zero-order valence-corrected chi connectivity index (χ0v) is 18.1. The summed E-state index contributed by atoms with van der Waals surface area (Å²) in [4.78, 5) is 27.0. The Morgan fingerprint density at radius 2 is 1.88 bits per heavy atom. The third kappa shape index (κ3) is 3.59. The molecule has 5 rings (SSSR count). The number of ether oxygens (including phenoxy) is 1. The number of hydrogen-bond acceptors (Lipinski definition) is 4. The van der Waals surface area contributed by atoms with Crippen LogP contribution in [0.25, 0.3) is 16.6 Å². The molecule has 8 heteroatoms. The highest BCUT2D eigenvalue weighted by atomic mass is 19.1. The second-order valence-electron chi connectivity index (χ2n) is 7.91. The lowest BCUT2D eigenvalue weighted by Crippen LogP contribution is -2.45. The van der Waals surface area contributed by atoms with Crippen LogP contribution in [0.3, 0.4) is 0 Å². The van der Waals surface area contributed by atoms with Gasteiger partial charge in [0.25, 0.3) is 11.8 Å². The van der Waals surface area contributed by atoms with Gasteiger partial charge >= 0.3 is 0 Å². The van der Waals surface area contributed by atoms with E-state index in [4.69, 9.17) is 4.74 Å². The molecule has 0 aliphatic carbocycles. The second kappa shape index (κ2) is 8.05. The van der Waals surface area contributed by atoms with Crippen molar-refractivity contribution in [1.82, 2.24) is 14.9 Å². The first-order valence-electron chi connectivity index (χ1n) is 10.5. The number of aromatic nitrogens is 2. The lowest BCUT2D eigenvalue weighted by molar-refractivity contribution is 0.0954. The smallest absolute Gasteiger partial charge is 0.258 e. The first kappa shape index (κ1) is 20.7. The molecule has 0 fully saturated rings. The minimum atomic E-state index is -0.413. The summed E-state index contributed by atoms with van der Waals surface area (Å²) in [6.07, 6.45) is 3.47. The monoisotopic (exact) mass is 444 g/mol. The number of benzene rings is 2. The number of nitrogens with one attached hydrogen (secondary N) is 1. The Labute approximate surface area is 189 Å². The topological polar surface area (TPSA) is 75.9 Å². The fraction of sp³-hybridized carbons (Fsp3) is 0.160. The molecule has 1 aliphatic heterocycles. The first-order valence-corrected chi connectivity index (χ1v) is 10.5. The zero-order chi connectivity index (χ0) is 23.1. The lowest BCUT2D eigenvalue weighted by Gasteiger charge is -2.35. The van der Waals surface area contributed by atoms with Crippen molar-refractivity contribution in [3.63, 3.8) is 0 Å². The minimum Gasteiger partial charge on any atom is -0.489 e. The highest BCUT2D eigenvalue weighted by Gasteiger charge is 2.31. The van der Waals surface area contributed by atoms with Gasteiger partial charge in [0.15, 0.2) is 0 Å². The van der Waals surface area contributed by atoms with Crippen molar-refractivity contribution in [3.05, 3.63) is 83.9 Å². The van der Waals surface area contributed by atoms with Gasteiger partial charge in [-0.3, -0.25) is 14.5 Å². The van der Waals surface area contributed by atoms with E-state index in [9.17, 15) is 14.0 Å². The third-order valence-electron chi connectivity index (χ3n) is 5.77. The Morgan fingerprint density at radius 1 is 1.09 bits per heavy atom. The molecular formula is C25H21FN4O3. The molecule has 1 unspecified atom stereocenters. The van der Waals surface area contributed by atoms with Gasteiger partial charge in [0.1, 0.15) is 18.2 Å². The van der Waals surface area contributed by atoms with Crippen LogP contribution in [0, 0.1) is 5.82 Å². The Kier molecular flexibility index (Phi) is 5.05. The molecule has 2 aromatic heterocycles. The summed E-state index contributed by atoms with van der Waals surface area (Å²) in [6.45, 7) is 2.17. The summed E-state index contributed by atoms with van der Waals surface area (Å²) in [7, 11) is 1.59. The molecule has 0 saturated heterocycles. The number of rotatable bonds is 3. The average Bonchev–Trinajstić information content (AvgIpc) is 3.26. The number of halogens is 1. The molecule has 3 heterocycles. The fourth-order valence-electron chi connectivity index (χ4n) is 4.06. The number of carbonyl (C=O) groups is 2. The van der Waals surface area contributed by atoms with Crippen LogP contribution in [0.15, 0.2) is 67.0 Å². The van der Waals surface area contributed by atoms with E-state index in [0.29, 0.717) is 22.6 Å². The summed E-state index contributed by atoms with van der Waals surface area (Å²) in [5.41, 5.74) is 4.06. The second-order valence-corrected chi connectivity index (χ2v) is 7.91. The molecule has 33 heavy (non-hydrogen) atoms. The Hall–Kier alpha value is -4.20. The van der Waals surface area contributed by atoms with Gasteiger partial charge < -0.3 is 10.1 Å². The highest BCUT2D eigenvalue weighted by Crippen LogP contribution is 2.36. The molecule has 4 aromatic rings. The predicted octanol–water partition coefficient (Wildman–Crippen LogP) is 3.93. The molecule has 0 spiro atoms. The number of carbonyl (C=O) groups excluding carboxylic acids is 2. The number of fused-ring (bicyclic) bond motifs is 2. The average molecular weight is 444 g/mol. The van der Waals surface area contributed by atoms with Crippen LogP contribution in [-0.2, 0) is 0 Å². The molecule has 1 aliphatic rings. The van der Waals surface area contributed by atoms with Crippen molar-refractivity contribution in [2.75, 3.05) is 18.6 Å². The van der Waals surface area contributed by atoms with E-state index in [1.54, 1.807) is 59.2 Å². The first-order chi connectivity index (χ1) is 16.0. The minimum absolute atomic E-state index is 0.158. The van der Waals surface area contributed by atoms with Gasteiger partial charge in [-0.15, -0.1) is 0 Å². The van der Waals surface area contributed by atoms with Crippen molar-refractivity contribution >= 4 is 23.0 Å². The van der Waals surface area contributed by atoms with Gasteiger partial charge in [0.05, 0.1) is 23.4 Å².